The minimum Gasteiger partial charge on any atom is -0.366 e. The molecular formula is C34H41F4N9O3. The van der Waals surface area contributed by atoms with Gasteiger partial charge in [0, 0.05) is 64.6 Å². The van der Waals surface area contributed by atoms with Gasteiger partial charge in [0.05, 0.1) is 29.0 Å². The second-order valence-electron chi connectivity index (χ2n) is 13.4. The van der Waals surface area contributed by atoms with Crippen LogP contribution in [-0.2, 0) is 20.6 Å². The maximum atomic E-state index is 15.5. The average molecular weight is 700 g/mol. The summed E-state index contributed by atoms with van der Waals surface area (Å²) in [6, 6.07) is 5.55. The van der Waals surface area contributed by atoms with Gasteiger partial charge in [0.15, 0.2) is 0 Å². The van der Waals surface area contributed by atoms with Crippen LogP contribution in [0.4, 0.5) is 34.8 Å². The first-order valence-electron chi connectivity index (χ1n) is 16.2. The van der Waals surface area contributed by atoms with E-state index in [4.69, 9.17) is 0 Å². The van der Waals surface area contributed by atoms with Crippen LogP contribution >= 0.6 is 0 Å². The highest BCUT2D eigenvalue weighted by atomic mass is 19.4. The molecule has 50 heavy (non-hydrogen) atoms. The molecule has 2 aromatic rings. The van der Waals surface area contributed by atoms with Gasteiger partial charge in [0.25, 0.3) is 0 Å². The molecule has 4 heterocycles. The van der Waals surface area contributed by atoms with Crippen molar-refractivity contribution in [3.63, 3.8) is 0 Å². The molecule has 0 bridgehead atoms. The lowest BCUT2D eigenvalue weighted by Gasteiger charge is -2.58. The molecule has 3 aliphatic heterocycles. The minimum absolute atomic E-state index is 0.00822. The Labute approximate surface area is 288 Å². The molecule has 3 amide bonds. The Bertz CT molecular complexity index is 1720. The first-order valence-corrected chi connectivity index (χ1v) is 16.2. The zero-order chi connectivity index (χ0) is 36.5. The van der Waals surface area contributed by atoms with Crippen LogP contribution in [0.2, 0.25) is 0 Å². The summed E-state index contributed by atoms with van der Waals surface area (Å²) in [6.45, 7) is 3.93. The first kappa shape index (κ1) is 36.5. The van der Waals surface area contributed by atoms with E-state index in [-0.39, 0.29) is 67.3 Å². The number of para-hydroxylation sites is 1. The number of aromatic nitrogens is 1. The van der Waals surface area contributed by atoms with Crippen LogP contribution in [0, 0.1) is 24.1 Å². The fraction of sp³-hybridized carbons (Fsp3) is 0.500. The van der Waals surface area contributed by atoms with Gasteiger partial charge in [-0.3, -0.25) is 19.3 Å². The topological polar surface area (TPSA) is 119 Å². The van der Waals surface area contributed by atoms with Crippen molar-refractivity contribution in [2.75, 3.05) is 95.7 Å². The summed E-state index contributed by atoms with van der Waals surface area (Å²) in [7, 11) is 7.13. The SMILES string of the molecule is Cc1cc(C(F)(F)F)c(C#N)c(N[C@H]2CCN(CCN3CC4(CN(C(=O)/C=C/CN(C)C)C4)N(C)CC3=O)c3c(F)cccc3N(C)C2=O)n1. The predicted molar refractivity (Wildman–Crippen MR) is 179 cm³/mol. The second-order valence-corrected chi connectivity index (χ2v) is 13.4. The van der Waals surface area contributed by atoms with E-state index in [0.29, 0.717) is 26.2 Å². The molecule has 16 heteroatoms. The van der Waals surface area contributed by atoms with Gasteiger partial charge in [0.2, 0.25) is 17.7 Å². The Morgan fingerprint density at radius 3 is 2.52 bits per heavy atom. The molecule has 0 unspecified atom stereocenters. The van der Waals surface area contributed by atoms with Crippen LogP contribution in [0.5, 0.6) is 0 Å². The summed E-state index contributed by atoms with van der Waals surface area (Å²) >= 11 is 0. The number of rotatable bonds is 8. The molecular weight excluding hydrogens is 658 g/mol. The first-order chi connectivity index (χ1) is 23.5. The third kappa shape index (κ3) is 7.38. The molecule has 2 fully saturated rings. The van der Waals surface area contributed by atoms with Gasteiger partial charge < -0.3 is 29.8 Å². The summed E-state index contributed by atoms with van der Waals surface area (Å²) in [4.78, 5) is 54.1. The van der Waals surface area contributed by atoms with Crippen LogP contribution in [0.25, 0.3) is 0 Å². The van der Waals surface area contributed by atoms with Gasteiger partial charge in [-0.15, -0.1) is 0 Å². The molecule has 1 aromatic carbocycles. The zero-order valence-electron chi connectivity index (χ0n) is 28.7. The lowest BCUT2D eigenvalue weighted by molar-refractivity contribution is -0.158. The van der Waals surface area contributed by atoms with Crippen molar-refractivity contribution in [3.05, 3.63) is 59.1 Å². The number of alkyl halides is 3. The fourth-order valence-electron chi connectivity index (χ4n) is 6.71. The number of hydrogen-bond donors (Lipinski definition) is 1. The van der Waals surface area contributed by atoms with Crippen molar-refractivity contribution in [2.45, 2.75) is 31.1 Å². The average Bonchev–Trinajstić information content (AvgIpc) is 3.02. The van der Waals surface area contributed by atoms with E-state index < -0.39 is 40.6 Å². The van der Waals surface area contributed by atoms with Gasteiger partial charge in [0.1, 0.15) is 29.3 Å². The fourth-order valence-corrected chi connectivity index (χ4v) is 6.71. The number of likely N-dealkylation sites (N-methyl/N-ethyl adjacent to an activating group) is 3. The van der Waals surface area contributed by atoms with Gasteiger partial charge in [-0.25, -0.2) is 9.37 Å². The quantitative estimate of drug-likeness (QED) is 0.328. The highest BCUT2D eigenvalue weighted by Crippen LogP contribution is 2.37. The number of benzene rings is 1. The summed E-state index contributed by atoms with van der Waals surface area (Å²) in [5.41, 5.74) is -1.90. The van der Waals surface area contributed by atoms with Gasteiger partial charge in [-0.1, -0.05) is 12.1 Å². The zero-order valence-corrected chi connectivity index (χ0v) is 28.7. The van der Waals surface area contributed by atoms with Crippen LogP contribution in [0.3, 0.4) is 0 Å². The van der Waals surface area contributed by atoms with Crippen LogP contribution in [0.1, 0.15) is 23.2 Å². The summed E-state index contributed by atoms with van der Waals surface area (Å²) in [6.07, 6.45) is -1.43. The minimum atomic E-state index is -4.82. The molecule has 12 nitrogen and oxygen atoms in total. The number of nitrogens with zero attached hydrogens (tertiary/aromatic N) is 8. The molecule has 5 rings (SSSR count). The normalized spacial score (nSPS) is 19.8. The molecule has 3 aliphatic rings. The number of amides is 3. The van der Waals surface area contributed by atoms with Crippen molar-refractivity contribution in [1.29, 1.82) is 5.26 Å². The number of piperazine rings is 1. The van der Waals surface area contributed by atoms with Crippen LogP contribution in [-0.4, -0.2) is 134 Å². The Balaban J connectivity index is 1.35. The molecule has 0 saturated carbocycles. The van der Waals surface area contributed by atoms with Crippen molar-refractivity contribution in [1.82, 2.24) is 24.6 Å². The number of fused-ring (bicyclic) bond motifs is 1. The highest BCUT2D eigenvalue weighted by molar-refractivity contribution is 6.01. The highest BCUT2D eigenvalue weighted by Gasteiger charge is 2.52. The van der Waals surface area contributed by atoms with E-state index in [9.17, 15) is 32.8 Å². The largest absolute Gasteiger partial charge is 0.417 e. The summed E-state index contributed by atoms with van der Waals surface area (Å²) in [5, 5.41) is 12.4. The summed E-state index contributed by atoms with van der Waals surface area (Å²) in [5.74, 6) is -1.70. The molecule has 268 valence electrons. The molecule has 1 atom stereocenters. The van der Waals surface area contributed by atoms with E-state index in [1.54, 1.807) is 39.0 Å². The number of hydrogen-bond acceptors (Lipinski definition) is 9. The van der Waals surface area contributed by atoms with Crippen LogP contribution < -0.4 is 15.1 Å². The smallest absolute Gasteiger partial charge is 0.366 e. The van der Waals surface area contributed by atoms with E-state index in [0.717, 1.165) is 6.07 Å². The maximum Gasteiger partial charge on any atom is 0.417 e. The standard InChI is InChI=1S/C34H41F4N9O3/c1-22-16-24(34(36,37)38)23(17-39)31(40-22)41-26-11-13-45(30-25(35)8-6-9-27(30)44(5)32(26)50)14-15-46-19-33(43(4)18-29(46)49)20-47(21-33)28(48)10-7-12-42(2)3/h6-10,16,26H,11-15,18-21H2,1-5H3,(H,40,41)/b10-7+/t26-/m0/s1. The monoisotopic (exact) mass is 699 g/mol. The Hall–Kier alpha value is -4.75. The Morgan fingerprint density at radius 2 is 1.86 bits per heavy atom. The second kappa shape index (κ2) is 14.2. The number of nitriles is 1. The van der Waals surface area contributed by atoms with Gasteiger partial charge in [-0.05, 0) is 52.7 Å². The third-order valence-corrected chi connectivity index (χ3v) is 9.51. The molecule has 1 N–H and O–H groups in total. The van der Waals surface area contributed by atoms with Crippen LogP contribution in [0.15, 0.2) is 36.4 Å². The number of anilines is 3. The number of carbonyl (C=O) groups excluding carboxylic acids is 3. The Kier molecular flexibility index (Phi) is 10.4. The van der Waals surface area contributed by atoms with Crippen molar-refractivity contribution >= 4 is 34.9 Å². The molecule has 1 spiro atoms. The van der Waals surface area contributed by atoms with Crippen molar-refractivity contribution in [2.24, 2.45) is 0 Å². The number of pyridine rings is 1. The molecule has 0 aliphatic carbocycles. The van der Waals surface area contributed by atoms with Crippen molar-refractivity contribution < 1.29 is 31.9 Å². The van der Waals surface area contributed by atoms with E-state index in [2.05, 4.69) is 10.3 Å². The van der Waals surface area contributed by atoms with Gasteiger partial charge in [-0.2, -0.15) is 18.4 Å². The third-order valence-electron chi connectivity index (χ3n) is 9.51. The predicted octanol–water partition coefficient (Wildman–Crippen LogP) is 2.55. The number of carbonyl (C=O) groups is 3. The van der Waals surface area contributed by atoms with E-state index in [1.807, 2.05) is 30.9 Å². The lowest BCUT2D eigenvalue weighted by Crippen LogP contribution is -2.77. The van der Waals surface area contributed by atoms with Crippen molar-refractivity contribution in [3.8, 4) is 6.07 Å². The van der Waals surface area contributed by atoms with Gasteiger partial charge >= 0.3 is 6.18 Å². The Morgan fingerprint density at radius 1 is 1.16 bits per heavy atom. The molecule has 2 saturated heterocycles. The lowest BCUT2D eigenvalue weighted by atomic mass is 9.85. The number of halogens is 4. The number of aryl methyl sites for hydroxylation is 1. The molecule has 1 aromatic heterocycles. The van der Waals surface area contributed by atoms with E-state index >= 15 is 4.39 Å². The number of likely N-dealkylation sites (tertiary alicyclic amines) is 1. The maximum absolute atomic E-state index is 15.5. The summed E-state index contributed by atoms with van der Waals surface area (Å²) < 4.78 is 56.9. The number of nitrogens with one attached hydrogen (secondary N) is 1. The molecule has 0 radical (unpaired) electrons. The van der Waals surface area contributed by atoms with E-state index in [1.165, 1.54) is 31.0 Å².